The van der Waals surface area contributed by atoms with Gasteiger partial charge in [0.05, 0.1) is 32.5 Å². The molecule has 1 heterocycles. The van der Waals surface area contributed by atoms with E-state index in [-0.39, 0.29) is 0 Å². The van der Waals surface area contributed by atoms with Gasteiger partial charge in [0.1, 0.15) is 0 Å². The number of methoxy groups -OCH3 is 1. The van der Waals surface area contributed by atoms with Crippen molar-refractivity contribution in [2.24, 2.45) is 0 Å². The summed E-state index contributed by atoms with van der Waals surface area (Å²) in [6, 6.07) is 0. The van der Waals surface area contributed by atoms with E-state index in [0.29, 0.717) is 32.5 Å². The van der Waals surface area contributed by atoms with E-state index in [0.717, 1.165) is 13.0 Å². The lowest BCUT2D eigenvalue weighted by atomic mass is 10.3. The van der Waals surface area contributed by atoms with E-state index >= 15 is 0 Å². The van der Waals surface area contributed by atoms with E-state index in [2.05, 4.69) is 11.8 Å². The summed E-state index contributed by atoms with van der Waals surface area (Å²) in [5.74, 6) is 0. The zero-order valence-corrected chi connectivity index (χ0v) is 12.6. The Kier molecular flexibility index (Phi) is 13.2. The second kappa shape index (κ2) is 13.3. The molecular formula is C14H31NO3. The normalized spacial score (nSPS) is 19.7. The SMILES string of the molecule is CC.CCCN1CCC(OCCOCCOC)C1. The van der Waals surface area contributed by atoms with E-state index in [9.17, 15) is 0 Å². The first kappa shape index (κ1) is 17.8. The number of rotatable bonds is 9. The van der Waals surface area contributed by atoms with Crippen LogP contribution >= 0.6 is 0 Å². The molecular weight excluding hydrogens is 230 g/mol. The monoisotopic (exact) mass is 261 g/mol. The van der Waals surface area contributed by atoms with Gasteiger partial charge in [-0.2, -0.15) is 0 Å². The molecule has 1 unspecified atom stereocenters. The van der Waals surface area contributed by atoms with Crippen LogP contribution in [0.1, 0.15) is 33.6 Å². The Bertz CT molecular complexity index is 167. The van der Waals surface area contributed by atoms with Crippen molar-refractivity contribution < 1.29 is 14.2 Å². The zero-order valence-electron chi connectivity index (χ0n) is 12.6. The van der Waals surface area contributed by atoms with Crippen LogP contribution in [0.4, 0.5) is 0 Å². The van der Waals surface area contributed by atoms with Crippen molar-refractivity contribution in [1.82, 2.24) is 4.90 Å². The molecule has 0 aromatic rings. The molecule has 1 saturated heterocycles. The topological polar surface area (TPSA) is 30.9 Å². The lowest BCUT2D eigenvalue weighted by Gasteiger charge is -2.15. The van der Waals surface area contributed by atoms with Crippen molar-refractivity contribution in [3.63, 3.8) is 0 Å². The number of ether oxygens (including phenoxy) is 3. The van der Waals surface area contributed by atoms with Gasteiger partial charge >= 0.3 is 0 Å². The summed E-state index contributed by atoms with van der Waals surface area (Å²) >= 11 is 0. The van der Waals surface area contributed by atoms with Gasteiger partial charge in [0.2, 0.25) is 0 Å². The van der Waals surface area contributed by atoms with Gasteiger partial charge in [0.25, 0.3) is 0 Å². The summed E-state index contributed by atoms with van der Waals surface area (Å²) in [5, 5.41) is 0. The molecule has 0 N–H and O–H groups in total. The molecule has 0 spiro atoms. The third-order valence-corrected chi connectivity index (χ3v) is 2.78. The van der Waals surface area contributed by atoms with Crippen LogP contribution < -0.4 is 0 Å². The Labute approximate surface area is 113 Å². The summed E-state index contributed by atoms with van der Waals surface area (Å²) in [6.07, 6.45) is 2.81. The van der Waals surface area contributed by atoms with Crippen LogP contribution in [0.15, 0.2) is 0 Å². The summed E-state index contributed by atoms with van der Waals surface area (Å²) < 4.78 is 16.0. The fourth-order valence-electron chi connectivity index (χ4n) is 1.97. The second-order valence-corrected chi connectivity index (χ2v) is 4.19. The lowest BCUT2D eigenvalue weighted by molar-refractivity contribution is -0.00277. The maximum Gasteiger partial charge on any atom is 0.0715 e. The first-order chi connectivity index (χ1) is 8.86. The Hall–Kier alpha value is -0.160. The van der Waals surface area contributed by atoms with E-state index < -0.39 is 0 Å². The van der Waals surface area contributed by atoms with Crippen LogP contribution in [0, 0.1) is 0 Å². The van der Waals surface area contributed by atoms with Crippen molar-refractivity contribution in [3.05, 3.63) is 0 Å². The fourth-order valence-corrected chi connectivity index (χ4v) is 1.97. The molecule has 1 atom stereocenters. The number of hydrogen-bond acceptors (Lipinski definition) is 4. The van der Waals surface area contributed by atoms with Crippen molar-refractivity contribution in [1.29, 1.82) is 0 Å². The summed E-state index contributed by atoms with van der Waals surface area (Å²) in [4.78, 5) is 2.47. The maximum absolute atomic E-state index is 5.75. The molecule has 1 aliphatic rings. The zero-order chi connectivity index (χ0) is 13.6. The van der Waals surface area contributed by atoms with Crippen LogP contribution in [-0.2, 0) is 14.2 Å². The molecule has 1 rings (SSSR count). The molecule has 4 nitrogen and oxygen atoms in total. The van der Waals surface area contributed by atoms with Gasteiger partial charge in [-0.3, -0.25) is 0 Å². The quantitative estimate of drug-likeness (QED) is 0.595. The summed E-state index contributed by atoms with van der Waals surface area (Å²) in [5.41, 5.74) is 0. The fraction of sp³-hybridized carbons (Fsp3) is 1.00. The molecule has 1 fully saturated rings. The minimum Gasteiger partial charge on any atom is -0.382 e. The molecule has 0 aromatic heterocycles. The highest BCUT2D eigenvalue weighted by atomic mass is 16.5. The molecule has 0 amide bonds. The molecule has 18 heavy (non-hydrogen) atoms. The molecule has 0 saturated carbocycles. The van der Waals surface area contributed by atoms with E-state index in [1.54, 1.807) is 7.11 Å². The Morgan fingerprint density at radius 2 is 1.83 bits per heavy atom. The van der Waals surface area contributed by atoms with Gasteiger partial charge in [-0.15, -0.1) is 0 Å². The minimum absolute atomic E-state index is 0.414. The highest BCUT2D eigenvalue weighted by molar-refractivity contribution is 4.75. The molecule has 0 radical (unpaired) electrons. The van der Waals surface area contributed by atoms with Crippen molar-refractivity contribution in [2.45, 2.75) is 39.7 Å². The van der Waals surface area contributed by atoms with Gasteiger partial charge in [0, 0.05) is 20.2 Å². The van der Waals surface area contributed by atoms with Crippen LogP contribution in [0.25, 0.3) is 0 Å². The largest absolute Gasteiger partial charge is 0.382 e. The Morgan fingerprint density at radius 1 is 1.11 bits per heavy atom. The van der Waals surface area contributed by atoms with Gasteiger partial charge in [-0.1, -0.05) is 20.8 Å². The Morgan fingerprint density at radius 3 is 2.50 bits per heavy atom. The van der Waals surface area contributed by atoms with E-state index in [4.69, 9.17) is 14.2 Å². The first-order valence-electron chi connectivity index (χ1n) is 7.27. The van der Waals surface area contributed by atoms with Crippen molar-refractivity contribution >= 4 is 0 Å². The van der Waals surface area contributed by atoms with Crippen LogP contribution in [0.2, 0.25) is 0 Å². The smallest absolute Gasteiger partial charge is 0.0715 e. The highest BCUT2D eigenvalue weighted by Crippen LogP contribution is 2.12. The summed E-state index contributed by atoms with van der Waals surface area (Å²) in [6.45, 7) is 12.4. The van der Waals surface area contributed by atoms with Crippen LogP contribution in [0.3, 0.4) is 0 Å². The third kappa shape index (κ3) is 8.86. The van der Waals surface area contributed by atoms with Gasteiger partial charge < -0.3 is 19.1 Å². The molecule has 0 bridgehead atoms. The molecule has 110 valence electrons. The molecule has 0 aromatic carbocycles. The minimum atomic E-state index is 0.414. The highest BCUT2D eigenvalue weighted by Gasteiger charge is 2.21. The predicted octanol–water partition coefficient (Wildman–Crippen LogP) is 2.18. The predicted molar refractivity (Wildman–Crippen MR) is 75.1 cm³/mol. The van der Waals surface area contributed by atoms with Crippen molar-refractivity contribution in [3.8, 4) is 0 Å². The number of nitrogens with zero attached hydrogens (tertiary/aromatic N) is 1. The van der Waals surface area contributed by atoms with Gasteiger partial charge in [-0.05, 0) is 19.4 Å². The third-order valence-electron chi connectivity index (χ3n) is 2.78. The van der Waals surface area contributed by atoms with Crippen LogP contribution in [0.5, 0.6) is 0 Å². The first-order valence-corrected chi connectivity index (χ1v) is 7.27. The van der Waals surface area contributed by atoms with Crippen molar-refractivity contribution in [2.75, 3.05) is 53.2 Å². The van der Waals surface area contributed by atoms with Gasteiger partial charge in [-0.25, -0.2) is 0 Å². The van der Waals surface area contributed by atoms with Gasteiger partial charge in [0.15, 0.2) is 0 Å². The molecule has 0 aliphatic carbocycles. The average Bonchev–Trinajstić information content (AvgIpc) is 2.84. The standard InChI is InChI=1S/C12H25NO3.C2H6/c1-3-5-13-6-4-12(11-13)16-10-9-15-8-7-14-2;1-2/h12H,3-11H2,1-2H3;1-2H3. The lowest BCUT2D eigenvalue weighted by Crippen LogP contribution is -2.24. The maximum atomic E-state index is 5.75. The number of likely N-dealkylation sites (tertiary alicyclic amines) is 1. The summed E-state index contributed by atoms with van der Waals surface area (Å²) in [7, 11) is 1.68. The molecule has 1 aliphatic heterocycles. The second-order valence-electron chi connectivity index (χ2n) is 4.19. The van der Waals surface area contributed by atoms with Crippen LogP contribution in [-0.4, -0.2) is 64.2 Å². The van der Waals surface area contributed by atoms with E-state index in [1.165, 1.54) is 19.5 Å². The van der Waals surface area contributed by atoms with E-state index in [1.807, 2.05) is 13.8 Å². The molecule has 4 heteroatoms. The number of hydrogen-bond donors (Lipinski definition) is 0. The average molecular weight is 261 g/mol. The Balaban J connectivity index is 0.00000137.